The predicted molar refractivity (Wildman–Crippen MR) is 52.6 cm³/mol. The van der Waals surface area contributed by atoms with E-state index in [-0.39, 0.29) is 29.6 Å². The molecule has 0 unspecified atom stereocenters. The minimum Gasteiger partial charge on any atom is -0.296 e. The molecule has 1 aliphatic heterocycles. The highest BCUT2D eigenvalue weighted by atomic mass is 35.5. The average molecular weight is 206 g/mol. The zero-order valence-corrected chi connectivity index (χ0v) is 8.87. The number of nitrogens with one attached hydrogen (secondary N) is 1. The first-order valence-corrected chi connectivity index (χ1v) is 4.37. The number of hydrogen-bond acceptors (Lipinski definition) is 2. The van der Waals surface area contributed by atoms with E-state index in [1.54, 1.807) is 0 Å². The Balaban J connectivity index is 0.00000144. The summed E-state index contributed by atoms with van der Waals surface area (Å²) in [7, 11) is 0. The summed E-state index contributed by atoms with van der Waals surface area (Å²) in [6.45, 7) is 3.75. The first-order chi connectivity index (χ1) is 5.52. The van der Waals surface area contributed by atoms with Gasteiger partial charge < -0.3 is 0 Å². The fourth-order valence-electron chi connectivity index (χ4n) is 1.32. The Bertz CT molecular complexity index is 214. The van der Waals surface area contributed by atoms with Crippen LogP contribution < -0.4 is 5.32 Å². The van der Waals surface area contributed by atoms with Gasteiger partial charge in [0.2, 0.25) is 11.8 Å². The van der Waals surface area contributed by atoms with Gasteiger partial charge in [0, 0.05) is 11.8 Å². The summed E-state index contributed by atoms with van der Waals surface area (Å²) in [5.74, 6) is -0.264. The molecule has 1 rings (SSSR count). The highest BCUT2D eigenvalue weighted by molar-refractivity contribution is 5.97. The Kier molecular flexibility index (Phi) is 4.40. The number of carbonyl (C=O) groups excluding carboxylic acids is 2. The van der Waals surface area contributed by atoms with Crippen LogP contribution in [0.5, 0.6) is 0 Å². The molecular weight excluding hydrogens is 190 g/mol. The maximum Gasteiger partial charge on any atom is 0.232 e. The second-order valence-corrected chi connectivity index (χ2v) is 3.97. The lowest BCUT2D eigenvalue weighted by atomic mass is 9.85. The zero-order chi connectivity index (χ0) is 9.19. The number of rotatable bonds is 0. The molecule has 1 N–H and O–H groups in total. The van der Waals surface area contributed by atoms with Crippen LogP contribution in [0.1, 0.15) is 39.5 Å². The van der Waals surface area contributed by atoms with Gasteiger partial charge in [0.15, 0.2) is 0 Å². The molecular formula is C9H16ClNO2. The fourth-order valence-corrected chi connectivity index (χ4v) is 1.32. The van der Waals surface area contributed by atoms with Gasteiger partial charge in [0.05, 0.1) is 0 Å². The van der Waals surface area contributed by atoms with E-state index in [2.05, 4.69) is 5.32 Å². The lowest BCUT2D eigenvalue weighted by Gasteiger charge is -2.24. The summed E-state index contributed by atoms with van der Waals surface area (Å²) < 4.78 is 0. The first kappa shape index (κ1) is 12.4. The fraction of sp³-hybridized carbons (Fsp3) is 0.778. The number of carbonyl (C=O) groups is 2. The third-order valence-corrected chi connectivity index (χ3v) is 2.32. The molecule has 0 spiro atoms. The Hall–Kier alpha value is -0.570. The van der Waals surface area contributed by atoms with Gasteiger partial charge in [-0.2, -0.15) is 0 Å². The minimum absolute atomic E-state index is 0. The molecule has 76 valence electrons. The van der Waals surface area contributed by atoms with Crippen molar-refractivity contribution in [3.8, 4) is 0 Å². The number of imide groups is 1. The van der Waals surface area contributed by atoms with Crippen LogP contribution in [0.2, 0.25) is 0 Å². The molecule has 0 saturated carbocycles. The molecule has 0 atom stereocenters. The average Bonchev–Trinajstić information content (AvgIpc) is 1.96. The highest BCUT2D eigenvalue weighted by Gasteiger charge is 2.29. The SMILES string of the molecule is CC1(C)CCCCC(=O)NC1=O.Cl. The van der Waals surface area contributed by atoms with Gasteiger partial charge in [-0.05, 0) is 12.8 Å². The molecule has 0 bridgehead atoms. The molecule has 0 radical (unpaired) electrons. The van der Waals surface area contributed by atoms with Crippen molar-refractivity contribution >= 4 is 24.2 Å². The van der Waals surface area contributed by atoms with E-state index < -0.39 is 0 Å². The van der Waals surface area contributed by atoms with Gasteiger partial charge in [-0.15, -0.1) is 12.4 Å². The van der Waals surface area contributed by atoms with E-state index in [4.69, 9.17) is 0 Å². The van der Waals surface area contributed by atoms with Crippen LogP contribution in [0, 0.1) is 5.41 Å². The molecule has 0 aromatic heterocycles. The lowest BCUT2D eigenvalue weighted by Crippen LogP contribution is -2.41. The minimum atomic E-state index is -0.379. The van der Waals surface area contributed by atoms with E-state index in [0.29, 0.717) is 6.42 Å². The summed E-state index contributed by atoms with van der Waals surface area (Å²) in [6.07, 6.45) is 3.21. The maximum atomic E-state index is 11.4. The Labute approximate surface area is 84.7 Å². The lowest BCUT2D eigenvalue weighted by molar-refractivity contribution is -0.137. The molecule has 1 fully saturated rings. The molecule has 0 aliphatic carbocycles. The number of amides is 2. The standard InChI is InChI=1S/C9H15NO2.ClH/c1-9(2)6-4-3-5-7(11)10-8(9)12;/h3-6H2,1-2H3,(H,10,11,12);1H. The van der Waals surface area contributed by atoms with Crippen LogP contribution in [0.25, 0.3) is 0 Å². The van der Waals surface area contributed by atoms with Crippen molar-refractivity contribution < 1.29 is 9.59 Å². The summed E-state index contributed by atoms with van der Waals surface area (Å²) in [6, 6.07) is 0. The summed E-state index contributed by atoms with van der Waals surface area (Å²) in [5, 5.41) is 2.39. The summed E-state index contributed by atoms with van der Waals surface area (Å²) in [5.41, 5.74) is -0.379. The third-order valence-electron chi connectivity index (χ3n) is 2.32. The Morgan fingerprint density at radius 2 is 1.85 bits per heavy atom. The van der Waals surface area contributed by atoms with Gasteiger partial charge in [0.1, 0.15) is 0 Å². The van der Waals surface area contributed by atoms with Crippen LogP contribution in [-0.2, 0) is 9.59 Å². The smallest absolute Gasteiger partial charge is 0.232 e. The van der Waals surface area contributed by atoms with Crippen molar-refractivity contribution in [2.45, 2.75) is 39.5 Å². The number of halogens is 1. The van der Waals surface area contributed by atoms with Gasteiger partial charge in [-0.1, -0.05) is 20.3 Å². The maximum absolute atomic E-state index is 11.4. The number of hydrogen-bond donors (Lipinski definition) is 1. The normalized spacial score (nSPS) is 22.3. The molecule has 3 nitrogen and oxygen atoms in total. The third kappa shape index (κ3) is 3.35. The van der Waals surface area contributed by atoms with Crippen LogP contribution in [0.15, 0.2) is 0 Å². The van der Waals surface area contributed by atoms with Crippen molar-refractivity contribution in [3.63, 3.8) is 0 Å². The quantitative estimate of drug-likeness (QED) is 0.612. The van der Waals surface area contributed by atoms with Crippen molar-refractivity contribution in [2.24, 2.45) is 5.41 Å². The van der Waals surface area contributed by atoms with Crippen molar-refractivity contribution in [1.29, 1.82) is 0 Å². The van der Waals surface area contributed by atoms with E-state index in [9.17, 15) is 9.59 Å². The van der Waals surface area contributed by atoms with Crippen molar-refractivity contribution in [1.82, 2.24) is 5.32 Å². The predicted octanol–water partition coefficient (Wildman–Crippen LogP) is 1.65. The molecule has 4 heteroatoms. The van der Waals surface area contributed by atoms with Crippen molar-refractivity contribution in [2.75, 3.05) is 0 Å². The topological polar surface area (TPSA) is 46.2 Å². The van der Waals surface area contributed by atoms with E-state index in [0.717, 1.165) is 19.3 Å². The second kappa shape index (κ2) is 4.61. The summed E-state index contributed by atoms with van der Waals surface area (Å²) >= 11 is 0. The van der Waals surface area contributed by atoms with Crippen LogP contribution in [0.4, 0.5) is 0 Å². The molecule has 0 aromatic rings. The van der Waals surface area contributed by atoms with E-state index in [1.165, 1.54) is 0 Å². The first-order valence-electron chi connectivity index (χ1n) is 4.37. The Morgan fingerprint density at radius 1 is 1.23 bits per heavy atom. The molecule has 2 amide bonds. The molecule has 1 aliphatic rings. The van der Waals surface area contributed by atoms with Crippen molar-refractivity contribution in [3.05, 3.63) is 0 Å². The van der Waals surface area contributed by atoms with Crippen LogP contribution in [-0.4, -0.2) is 11.8 Å². The van der Waals surface area contributed by atoms with Gasteiger partial charge >= 0.3 is 0 Å². The van der Waals surface area contributed by atoms with Gasteiger partial charge in [-0.3, -0.25) is 14.9 Å². The largest absolute Gasteiger partial charge is 0.296 e. The monoisotopic (exact) mass is 205 g/mol. The zero-order valence-electron chi connectivity index (χ0n) is 8.05. The van der Waals surface area contributed by atoms with Crippen LogP contribution >= 0.6 is 12.4 Å². The van der Waals surface area contributed by atoms with Gasteiger partial charge in [-0.25, -0.2) is 0 Å². The van der Waals surface area contributed by atoms with Gasteiger partial charge in [0.25, 0.3) is 0 Å². The summed E-state index contributed by atoms with van der Waals surface area (Å²) in [4.78, 5) is 22.4. The highest BCUT2D eigenvalue weighted by Crippen LogP contribution is 2.25. The second-order valence-electron chi connectivity index (χ2n) is 3.97. The van der Waals surface area contributed by atoms with E-state index >= 15 is 0 Å². The molecule has 1 heterocycles. The molecule has 0 aromatic carbocycles. The molecule has 1 saturated heterocycles. The van der Waals surface area contributed by atoms with Crippen LogP contribution in [0.3, 0.4) is 0 Å². The van der Waals surface area contributed by atoms with E-state index in [1.807, 2.05) is 13.8 Å². The Morgan fingerprint density at radius 3 is 2.46 bits per heavy atom. The molecule has 13 heavy (non-hydrogen) atoms.